The van der Waals surface area contributed by atoms with Crippen molar-refractivity contribution < 1.29 is 4.74 Å². The minimum absolute atomic E-state index is 0.791. The summed E-state index contributed by atoms with van der Waals surface area (Å²) in [6.45, 7) is 5.26. The van der Waals surface area contributed by atoms with E-state index >= 15 is 0 Å². The van der Waals surface area contributed by atoms with Crippen molar-refractivity contribution in [2.45, 2.75) is 78.1 Å². The highest BCUT2D eigenvalue weighted by molar-refractivity contribution is 5.46. The fraction of sp³-hybridized carbons (Fsp3) is 0.448. The van der Waals surface area contributed by atoms with Crippen LogP contribution in [-0.2, 0) is 0 Å². The van der Waals surface area contributed by atoms with E-state index in [9.17, 15) is 0 Å². The summed E-state index contributed by atoms with van der Waals surface area (Å²) in [4.78, 5) is 0. The Morgan fingerprint density at radius 3 is 1.67 bits per heavy atom. The molecule has 0 atom stereocenters. The Hall–Kier alpha value is -2.64. The molecule has 2 aromatic rings. The highest BCUT2D eigenvalue weighted by Gasteiger charge is 1.95. The van der Waals surface area contributed by atoms with E-state index in [2.05, 4.69) is 49.7 Å². The third kappa shape index (κ3) is 10.2. The summed E-state index contributed by atoms with van der Waals surface area (Å²) in [5.41, 5.74) is 3.08. The van der Waals surface area contributed by atoms with Gasteiger partial charge in [-0.3, -0.25) is 0 Å². The van der Waals surface area contributed by atoms with Gasteiger partial charge < -0.3 is 4.74 Å². The molecule has 0 bridgehead atoms. The first kappa shape index (κ1) is 23.6. The highest BCUT2D eigenvalue weighted by atomic mass is 16.5. The van der Waals surface area contributed by atoms with Crippen LogP contribution in [-0.4, -0.2) is 6.61 Å². The van der Waals surface area contributed by atoms with Crippen molar-refractivity contribution in [1.29, 1.82) is 0 Å². The largest absolute Gasteiger partial charge is 0.494 e. The molecule has 0 heterocycles. The van der Waals surface area contributed by atoms with Gasteiger partial charge in [-0.15, -0.1) is 0 Å². The van der Waals surface area contributed by atoms with Crippen LogP contribution in [0.15, 0.2) is 48.5 Å². The van der Waals surface area contributed by atoms with Crippen LogP contribution < -0.4 is 4.74 Å². The highest BCUT2D eigenvalue weighted by Crippen LogP contribution is 2.13. The van der Waals surface area contributed by atoms with Gasteiger partial charge in [0.05, 0.1) is 6.61 Å². The lowest BCUT2D eigenvalue weighted by Gasteiger charge is -2.05. The minimum Gasteiger partial charge on any atom is -0.494 e. The first-order chi connectivity index (χ1) is 14.8. The molecule has 1 nitrogen and oxygen atoms in total. The zero-order chi connectivity index (χ0) is 21.3. The second-order valence-corrected chi connectivity index (χ2v) is 7.73. The maximum Gasteiger partial charge on any atom is 0.119 e. The van der Waals surface area contributed by atoms with Crippen molar-refractivity contribution in [2.75, 3.05) is 6.61 Å². The Balaban J connectivity index is 1.77. The van der Waals surface area contributed by atoms with Crippen LogP contribution in [0.3, 0.4) is 0 Å². The third-order valence-electron chi connectivity index (χ3n) is 5.00. The summed E-state index contributed by atoms with van der Waals surface area (Å²) in [7, 11) is 0. The van der Waals surface area contributed by atoms with Crippen LogP contribution in [0.4, 0.5) is 0 Å². The quantitative estimate of drug-likeness (QED) is 0.277. The molecule has 0 aliphatic heterocycles. The first-order valence-electron chi connectivity index (χ1n) is 11.7. The van der Waals surface area contributed by atoms with Gasteiger partial charge in [0.15, 0.2) is 0 Å². The van der Waals surface area contributed by atoms with Gasteiger partial charge in [-0.25, -0.2) is 0 Å². The number of benzene rings is 2. The molecule has 0 aliphatic carbocycles. The number of hydrogen-bond donors (Lipinski definition) is 0. The molecular weight excluding hydrogens is 364 g/mol. The van der Waals surface area contributed by atoms with E-state index in [4.69, 9.17) is 4.74 Å². The summed E-state index contributed by atoms with van der Waals surface area (Å²) in [6.07, 6.45) is 12.4. The summed E-state index contributed by atoms with van der Waals surface area (Å²) < 4.78 is 5.79. The van der Waals surface area contributed by atoms with Gasteiger partial charge in [-0.1, -0.05) is 82.5 Å². The normalized spacial score (nSPS) is 9.93. The van der Waals surface area contributed by atoms with Gasteiger partial charge in [0.2, 0.25) is 0 Å². The summed E-state index contributed by atoms with van der Waals surface area (Å²) >= 11 is 0. The summed E-state index contributed by atoms with van der Waals surface area (Å²) in [5, 5.41) is 0. The molecule has 2 rings (SSSR count). The molecular formula is C29H36O. The Morgan fingerprint density at radius 1 is 0.567 bits per heavy atom. The van der Waals surface area contributed by atoms with Crippen molar-refractivity contribution in [1.82, 2.24) is 0 Å². The topological polar surface area (TPSA) is 9.23 Å². The van der Waals surface area contributed by atoms with Gasteiger partial charge in [0.1, 0.15) is 5.75 Å². The van der Waals surface area contributed by atoms with E-state index in [1.165, 1.54) is 51.4 Å². The lowest BCUT2D eigenvalue weighted by atomic mass is 10.1. The van der Waals surface area contributed by atoms with E-state index in [0.29, 0.717) is 0 Å². The van der Waals surface area contributed by atoms with Gasteiger partial charge in [-0.05, 0) is 61.4 Å². The van der Waals surface area contributed by atoms with E-state index in [0.717, 1.165) is 41.9 Å². The Labute approximate surface area is 184 Å². The molecule has 0 aliphatic rings. The lowest BCUT2D eigenvalue weighted by molar-refractivity contribution is 0.305. The molecule has 0 fully saturated rings. The van der Waals surface area contributed by atoms with Crippen LogP contribution >= 0.6 is 0 Å². The predicted molar refractivity (Wildman–Crippen MR) is 129 cm³/mol. The van der Waals surface area contributed by atoms with Gasteiger partial charge >= 0.3 is 0 Å². The minimum atomic E-state index is 0.791. The van der Waals surface area contributed by atoms with Crippen LogP contribution in [0.2, 0.25) is 0 Å². The van der Waals surface area contributed by atoms with E-state index < -0.39 is 0 Å². The second kappa shape index (κ2) is 15.2. The summed E-state index contributed by atoms with van der Waals surface area (Å²) in [5.74, 6) is 13.9. The number of unbranched alkanes of at least 4 members (excludes halogenated alkanes) is 8. The van der Waals surface area contributed by atoms with Gasteiger partial charge in [0.25, 0.3) is 0 Å². The van der Waals surface area contributed by atoms with Crippen LogP contribution in [0.1, 0.15) is 94.7 Å². The molecule has 0 saturated heterocycles. The second-order valence-electron chi connectivity index (χ2n) is 7.73. The smallest absolute Gasteiger partial charge is 0.119 e. The SMILES string of the molecule is CCCCCCCC#Cc1ccc(C#Cc2ccc(OCCCCCC)cc2)cc1. The lowest BCUT2D eigenvalue weighted by Crippen LogP contribution is -1.96. The molecule has 0 N–H and O–H groups in total. The molecule has 0 radical (unpaired) electrons. The average molecular weight is 401 g/mol. The van der Waals surface area contributed by atoms with Crippen molar-refractivity contribution in [3.63, 3.8) is 0 Å². The summed E-state index contributed by atoms with van der Waals surface area (Å²) in [6, 6.07) is 16.3. The third-order valence-corrected chi connectivity index (χ3v) is 5.00. The molecule has 2 aromatic carbocycles. The molecule has 0 saturated carbocycles. The fourth-order valence-corrected chi connectivity index (χ4v) is 3.12. The van der Waals surface area contributed by atoms with Crippen LogP contribution in [0.25, 0.3) is 0 Å². The van der Waals surface area contributed by atoms with E-state index in [-0.39, 0.29) is 0 Å². The molecule has 30 heavy (non-hydrogen) atoms. The zero-order valence-corrected chi connectivity index (χ0v) is 18.8. The Kier molecular flexibility index (Phi) is 12.0. The first-order valence-corrected chi connectivity index (χ1v) is 11.7. The maximum absolute atomic E-state index is 5.79. The van der Waals surface area contributed by atoms with Gasteiger partial charge in [0, 0.05) is 23.1 Å². The van der Waals surface area contributed by atoms with Crippen LogP contribution in [0.5, 0.6) is 5.75 Å². The standard InChI is InChI=1S/C29H36O/c1-3-5-7-9-10-11-12-14-26-15-17-27(18-16-26)19-20-28-21-23-29(24-22-28)30-25-13-8-6-4-2/h15-18,21-24H,3-11,13,25H2,1-2H3. The maximum atomic E-state index is 5.79. The molecule has 1 heteroatoms. The van der Waals surface area contributed by atoms with E-state index in [1.807, 2.05) is 36.4 Å². The van der Waals surface area contributed by atoms with Crippen LogP contribution in [0, 0.1) is 23.7 Å². The molecule has 0 unspecified atom stereocenters. The molecule has 158 valence electrons. The average Bonchev–Trinajstić information content (AvgIpc) is 2.78. The number of rotatable bonds is 11. The molecule has 0 aromatic heterocycles. The number of ether oxygens (including phenoxy) is 1. The van der Waals surface area contributed by atoms with Crippen molar-refractivity contribution in [3.05, 3.63) is 65.2 Å². The zero-order valence-electron chi connectivity index (χ0n) is 18.8. The molecule has 0 spiro atoms. The number of hydrogen-bond acceptors (Lipinski definition) is 1. The van der Waals surface area contributed by atoms with E-state index in [1.54, 1.807) is 0 Å². The predicted octanol–water partition coefficient (Wildman–Crippen LogP) is 7.76. The van der Waals surface area contributed by atoms with Crippen molar-refractivity contribution in [3.8, 4) is 29.4 Å². The Bertz CT molecular complexity index is 822. The monoisotopic (exact) mass is 400 g/mol. The fourth-order valence-electron chi connectivity index (χ4n) is 3.12. The Morgan fingerprint density at radius 2 is 1.07 bits per heavy atom. The van der Waals surface area contributed by atoms with Crippen molar-refractivity contribution in [2.24, 2.45) is 0 Å². The van der Waals surface area contributed by atoms with Crippen molar-refractivity contribution >= 4 is 0 Å². The molecule has 0 amide bonds. The van der Waals surface area contributed by atoms with Gasteiger partial charge in [-0.2, -0.15) is 0 Å².